The summed E-state index contributed by atoms with van der Waals surface area (Å²) in [5.74, 6) is -0.304. The lowest BCUT2D eigenvalue weighted by atomic mass is 9.94. The van der Waals surface area contributed by atoms with Gasteiger partial charge in [-0.05, 0) is 29.4 Å². The van der Waals surface area contributed by atoms with Crippen molar-refractivity contribution in [2.24, 2.45) is 5.73 Å². The molecule has 184 valence electrons. The summed E-state index contributed by atoms with van der Waals surface area (Å²) in [4.78, 5) is 12.0. The molecule has 0 fully saturated rings. The van der Waals surface area contributed by atoms with Gasteiger partial charge >= 0.3 is 10.1 Å². The summed E-state index contributed by atoms with van der Waals surface area (Å²) < 4.78 is 31.7. The van der Waals surface area contributed by atoms with E-state index in [0.717, 1.165) is 30.4 Å². The average Bonchev–Trinajstić information content (AvgIpc) is 2.71. The minimum absolute atomic E-state index is 0.0906. The summed E-state index contributed by atoms with van der Waals surface area (Å²) in [5, 5.41) is -1.32. The second-order valence-electron chi connectivity index (χ2n) is 9.51. The fraction of sp³-hybridized carbons (Fsp3) is 0.731. The van der Waals surface area contributed by atoms with E-state index in [1.165, 1.54) is 38.5 Å². The van der Waals surface area contributed by atoms with Crippen molar-refractivity contribution in [1.29, 1.82) is 0 Å². The number of benzene rings is 1. The van der Waals surface area contributed by atoms with Crippen LogP contribution in [0.2, 0.25) is 0 Å². The first kappa shape index (κ1) is 28.5. The van der Waals surface area contributed by atoms with E-state index in [2.05, 4.69) is 6.92 Å². The van der Waals surface area contributed by atoms with Gasteiger partial charge < -0.3 is 9.92 Å². The van der Waals surface area contributed by atoms with Crippen LogP contribution in [0.5, 0.6) is 5.75 Å². The van der Waals surface area contributed by atoms with Gasteiger partial charge in [-0.2, -0.15) is 8.42 Å². The Labute approximate surface area is 196 Å². The van der Waals surface area contributed by atoms with Crippen molar-refractivity contribution in [3.63, 3.8) is 0 Å². The van der Waals surface area contributed by atoms with Crippen molar-refractivity contribution in [3.8, 4) is 5.75 Å². The van der Waals surface area contributed by atoms with E-state index in [1.54, 1.807) is 0 Å². The fourth-order valence-corrected chi connectivity index (χ4v) is 5.28. The van der Waals surface area contributed by atoms with Crippen molar-refractivity contribution >= 4 is 16.0 Å². The van der Waals surface area contributed by atoms with E-state index in [4.69, 9.17) is 9.92 Å². The van der Waals surface area contributed by atoms with E-state index >= 15 is 0 Å². The Morgan fingerprint density at radius 1 is 0.844 bits per heavy atom. The van der Waals surface area contributed by atoms with Crippen molar-refractivity contribution in [3.05, 3.63) is 29.3 Å². The van der Waals surface area contributed by atoms with Gasteiger partial charge in [0.05, 0.1) is 0 Å². The summed E-state index contributed by atoms with van der Waals surface area (Å²) in [5.41, 5.74) is 7.14. The molecule has 1 atom stereocenters. The van der Waals surface area contributed by atoms with Crippen molar-refractivity contribution in [2.75, 3.05) is 0 Å². The molecule has 1 rings (SSSR count). The highest BCUT2D eigenvalue weighted by molar-refractivity contribution is 7.88. The molecule has 0 radical (unpaired) electrons. The van der Waals surface area contributed by atoms with Crippen LogP contribution >= 0.6 is 0 Å². The summed E-state index contributed by atoms with van der Waals surface area (Å²) in [6.07, 6.45) is 11.6. The van der Waals surface area contributed by atoms with E-state index < -0.39 is 21.3 Å². The highest BCUT2D eigenvalue weighted by Crippen LogP contribution is 2.36. The second-order valence-corrected chi connectivity index (χ2v) is 11.2. The maximum Gasteiger partial charge on any atom is 0.321 e. The Morgan fingerprint density at radius 3 is 1.69 bits per heavy atom. The molecule has 0 aliphatic heterocycles. The minimum Gasteiger partial charge on any atom is -0.381 e. The number of rotatable bonds is 17. The normalized spacial score (nSPS) is 13.0. The lowest BCUT2D eigenvalue weighted by molar-refractivity contribution is -0.117. The molecular weight excluding hydrogens is 422 g/mol. The van der Waals surface area contributed by atoms with Crippen molar-refractivity contribution < 1.29 is 17.4 Å². The smallest absolute Gasteiger partial charge is 0.321 e. The zero-order valence-corrected chi connectivity index (χ0v) is 21.7. The molecule has 32 heavy (non-hydrogen) atoms. The molecule has 1 unspecified atom stereocenters. The van der Waals surface area contributed by atoms with Crippen LogP contribution in [-0.4, -0.2) is 19.6 Å². The van der Waals surface area contributed by atoms with Crippen LogP contribution in [0.25, 0.3) is 0 Å². The molecule has 1 aromatic carbocycles. The third-order valence-electron chi connectivity index (χ3n) is 6.01. The van der Waals surface area contributed by atoms with Gasteiger partial charge in [-0.3, -0.25) is 4.79 Å². The SMILES string of the molecule is CCCCCCCCCCCCC(C(N)=O)S(=O)(=O)Oc1c(C(C)C)cccc1C(C)C. The number of para-hydroxylation sites is 1. The number of primary amides is 1. The number of amides is 1. The Kier molecular flexibility index (Phi) is 13.0. The first-order valence-electron chi connectivity index (χ1n) is 12.5. The lowest BCUT2D eigenvalue weighted by Gasteiger charge is -2.21. The highest BCUT2D eigenvalue weighted by Gasteiger charge is 2.34. The molecule has 0 saturated heterocycles. The van der Waals surface area contributed by atoms with Gasteiger partial charge in [-0.25, -0.2) is 0 Å². The van der Waals surface area contributed by atoms with Crippen LogP contribution in [-0.2, 0) is 14.9 Å². The van der Waals surface area contributed by atoms with Gasteiger partial charge in [0.2, 0.25) is 5.91 Å². The van der Waals surface area contributed by atoms with Crippen LogP contribution in [0, 0.1) is 0 Å². The molecule has 0 saturated carbocycles. The monoisotopic (exact) mass is 467 g/mol. The molecule has 0 heterocycles. The predicted molar refractivity (Wildman–Crippen MR) is 134 cm³/mol. The van der Waals surface area contributed by atoms with Crippen molar-refractivity contribution in [2.45, 2.75) is 122 Å². The number of carbonyl (C=O) groups is 1. The van der Waals surface area contributed by atoms with Gasteiger partial charge in [0, 0.05) is 0 Å². The maximum atomic E-state index is 13.1. The molecule has 0 spiro atoms. The molecule has 0 aliphatic carbocycles. The Morgan fingerprint density at radius 2 is 1.28 bits per heavy atom. The predicted octanol–water partition coefficient (Wildman–Crippen LogP) is 6.81. The first-order valence-corrected chi connectivity index (χ1v) is 13.9. The van der Waals surface area contributed by atoms with E-state index in [-0.39, 0.29) is 18.3 Å². The number of nitrogens with two attached hydrogens (primary N) is 1. The standard InChI is InChI=1S/C26H45NO4S/c1-6-7-8-9-10-11-12-13-14-15-19-24(26(27)28)32(29,30)31-25-22(20(2)3)17-16-18-23(25)21(4)5/h16-18,20-21,24H,6-15,19H2,1-5H3,(H2,27,28). The van der Waals surface area contributed by atoms with Gasteiger partial charge in [0.15, 0.2) is 5.25 Å². The summed E-state index contributed by atoms with van der Waals surface area (Å²) in [6, 6.07) is 5.67. The molecular formula is C26H45NO4S. The van der Waals surface area contributed by atoms with Crippen LogP contribution in [0.15, 0.2) is 18.2 Å². The molecule has 0 bridgehead atoms. The Hall–Kier alpha value is -1.56. The summed E-state index contributed by atoms with van der Waals surface area (Å²) >= 11 is 0. The topological polar surface area (TPSA) is 86.5 Å². The quantitative estimate of drug-likeness (QED) is 0.201. The Bertz CT molecular complexity index is 761. The first-order chi connectivity index (χ1) is 15.1. The maximum absolute atomic E-state index is 13.1. The molecule has 6 heteroatoms. The number of hydrogen-bond acceptors (Lipinski definition) is 4. The van der Waals surface area contributed by atoms with E-state index in [9.17, 15) is 13.2 Å². The van der Waals surface area contributed by atoms with Gasteiger partial charge in [-0.1, -0.05) is 117 Å². The zero-order valence-electron chi connectivity index (χ0n) is 20.9. The third kappa shape index (κ3) is 9.51. The van der Waals surface area contributed by atoms with Crippen LogP contribution in [0.4, 0.5) is 0 Å². The highest BCUT2D eigenvalue weighted by atomic mass is 32.2. The number of unbranched alkanes of at least 4 members (excludes halogenated alkanes) is 9. The van der Waals surface area contributed by atoms with Gasteiger partial charge in [0.1, 0.15) is 5.75 Å². The fourth-order valence-electron chi connectivity index (χ4n) is 4.00. The van der Waals surface area contributed by atoms with Crippen LogP contribution < -0.4 is 9.92 Å². The lowest BCUT2D eigenvalue weighted by Crippen LogP contribution is -2.38. The zero-order chi connectivity index (χ0) is 24.1. The van der Waals surface area contributed by atoms with Gasteiger partial charge in [-0.15, -0.1) is 0 Å². The molecule has 0 aliphatic rings. The van der Waals surface area contributed by atoms with Crippen LogP contribution in [0.3, 0.4) is 0 Å². The third-order valence-corrected chi connectivity index (χ3v) is 7.57. The molecule has 1 amide bonds. The summed E-state index contributed by atoms with van der Waals surface area (Å²) in [6.45, 7) is 10.2. The Balaban J connectivity index is 2.71. The molecule has 5 nitrogen and oxygen atoms in total. The van der Waals surface area contributed by atoms with E-state index in [1.807, 2.05) is 45.9 Å². The molecule has 1 aromatic rings. The van der Waals surface area contributed by atoms with Crippen molar-refractivity contribution in [1.82, 2.24) is 0 Å². The molecule has 2 N–H and O–H groups in total. The van der Waals surface area contributed by atoms with Crippen LogP contribution in [0.1, 0.15) is 128 Å². The largest absolute Gasteiger partial charge is 0.381 e. The minimum atomic E-state index is -4.17. The number of carbonyl (C=O) groups excluding carboxylic acids is 1. The number of hydrogen-bond donors (Lipinski definition) is 1. The average molecular weight is 468 g/mol. The van der Waals surface area contributed by atoms with E-state index in [0.29, 0.717) is 12.2 Å². The molecule has 0 aromatic heterocycles. The summed E-state index contributed by atoms with van der Waals surface area (Å²) in [7, 11) is -4.17. The second kappa shape index (κ2) is 14.6. The van der Waals surface area contributed by atoms with Gasteiger partial charge in [0.25, 0.3) is 0 Å².